The Kier molecular flexibility index (Phi) is 6.04. The molecule has 4 rings (SSSR count). The van der Waals surface area contributed by atoms with E-state index in [2.05, 4.69) is 20.6 Å². The number of carbonyl (C=O) groups excluding carboxylic acids is 2. The Labute approximate surface area is 179 Å². The van der Waals surface area contributed by atoms with Crippen LogP contribution in [0.25, 0.3) is 11.4 Å². The highest BCUT2D eigenvalue weighted by atomic mass is 32.1. The third kappa shape index (κ3) is 4.83. The van der Waals surface area contributed by atoms with Crippen molar-refractivity contribution in [1.82, 2.24) is 14.9 Å². The minimum Gasteiger partial charge on any atom is -0.324 e. The molecule has 1 aliphatic heterocycles. The van der Waals surface area contributed by atoms with Crippen LogP contribution in [0.3, 0.4) is 0 Å². The van der Waals surface area contributed by atoms with E-state index in [1.165, 1.54) is 11.3 Å². The SMILES string of the molecule is Cc1cccc(NC(=O)N2CCCC(C(=O)Nc3nc(-c4ccccn4)cs3)C2)c1. The number of anilines is 2. The third-order valence-electron chi connectivity index (χ3n) is 5.01. The van der Waals surface area contributed by atoms with Gasteiger partial charge in [-0.25, -0.2) is 9.78 Å². The first-order chi connectivity index (χ1) is 14.6. The predicted octanol–water partition coefficient (Wildman–Crippen LogP) is 4.40. The first kappa shape index (κ1) is 20.0. The van der Waals surface area contributed by atoms with E-state index < -0.39 is 0 Å². The number of aromatic nitrogens is 2. The highest BCUT2D eigenvalue weighted by Crippen LogP contribution is 2.25. The summed E-state index contributed by atoms with van der Waals surface area (Å²) in [5.74, 6) is -0.366. The molecule has 30 heavy (non-hydrogen) atoms. The number of pyridine rings is 1. The molecular weight excluding hydrogens is 398 g/mol. The van der Waals surface area contributed by atoms with E-state index >= 15 is 0 Å². The molecule has 1 fully saturated rings. The maximum atomic E-state index is 12.8. The van der Waals surface area contributed by atoms with E-state index in [1.807, 2.05) is 54.8 Å². The van der Waals surface area contributed by atoms with Gasteiger partial charge in [-0.1, -0.05) is 18.2 Å². The van der Waals surface area contributed by atoms with E-state index in [9.17, 15) is 9.59 Å². The lowest BCUT2D eigenvalue weighted by atomic mass is 9.97. The Balaban J connectivity index is 1.35. The lowest BCUT2D eigenvalue weighted by Crippen LogP contribution is -2.45. The quantitative estimate of drug-likeness (QED) is 0.654. The fourth-order valence-electron chi connectivity index (χ4n) is 3.47. The molecule has 0 aliphatic carbocycles. The number of amides is 3. The van der Waals surface area contributed by atoms with Crippen molar-refractivity contribution in [3.05, 3.63) is 59.6 Å². The zero-order valence-electron chi connectivity index (χ0n) is 16.7. The van der Waals surface area contributed by atoms with Crippen LogP contribution in [-0.2, 0) is 4.79 Å². The molecule has 2 N–H and O–H groups in total. The molecule has 8 heteroatoms. The van der Waals surface area contributed by atoms with E-state index in [4.69, 9.17) is 0 Å². The normalized spacial score (nSPS) is 16.2. The van der Waals surface area contributed by atoms with Gasteiger partial charge in [-0.15, -0.1) is 11.3 Å². The smallest absolute Gasteiger partial charge is 0.321 e. The molecule has 3 heterocycles. The average molecular weight is 422 g/mol. The molecule has 1 unspecified atom stereocenters. The number of carbonyl (C=O) groups is 2. The van der Waals surface area contributed by atoms with Crippen LogP contribution in [0.1, 0.15) is 18.4 Å². The maximum Gasteiger partial charge on any atom is 0.321 e. The van der Waals surface area contributed by atoms with Gasteiger partial charge in [-0.2, -0.15) is 0 Å². The monoisotopic (exact) mass is 421 g/mol. The number of rotatable bonds is 4. The van der Waals surface area contributed by atoms with Crippen molar-refractivity contribution in [2.24, 2.45) is 5.92 Å². The van der Waals surface area contributed by atoms with Crippen molar-refractivity contribution in [3.8, 4) is 11.4 Å². The van der Waals surface area contributed by atoms with Crippen molar-refractivity contribution in [2.45, 2.75) is 19.8 Å². The molecule has 1 saturated heterocycles. The summed E-state index contributed by atoms with van der Waals surface area (Å²) in [7, 11) is 0. The summed E-state index contributed by atoms with van der Waals surface area (Å²) in [6.45, 7) is 3.01. The van der Waals surface area contributed by atoms with E-state index in [0.29, 0.717) is 18.2 Å². The number of thiazole rings is 1. The summed E-state index contributed by atoms with van der Waals surface area (Å²) in [5, 5.41) is 8.24. The molecular formula is C22H23N5O2S. The van der Waals surface area contributed by atoms with E-state index in [0.717, 1.165) is 35.5 Å². The number of benzene rings is 1. The van der Waals surface area contributed by atoms with Crippen LogP contribution in [0.15, 0.2) is 54.0 Å². The van der Waals surface area contributed by atoms with Crippen LogP contribution in [-0.4, -0.2) is 39.9 Å². The number of nitrogens with one attached hydrogen (secondary N) is 2. The molecule has 0 saturated carbocycles. The molecule has 0 bridgehead atoms. The third-order valence-corrected chi connectivity index (χ3v) is 5.77. The Morgan fingerprint density at radius 1 is 1.13 bits per heavy atom. The summed E-state index contributed by atoms with van der Waals surface area (Å²) in [4.78, 5) is 35.8. The molecule has 2 aromatic heterocycles. The van der Waals surface area contributed by atoms with Crippen molar-refractivity contribution in [2.75, 3.05) is 23.7 Å². The fraction of sp³-hybridized carbons (Fsp3) is 0.273. The van der Waals surface area contributed by atoms with Crippen LogP contribution < -0.4 is 10.6 Å². The van der Waals surface area contributed by atoms with Crippen molar-refractivity contribution in [3.63, 3.8) is 0 Å². The van der Waals surface area contributed by atoms with Gasteiger partial charge in [0.1, 0.15) is 5.69 Å². The summed E-state index contributed by atoms with van der Waals surface area (Å²) >= 11 is 1.37. The van der Waals surface area contributed by atoms with Gasteiger partial charge in [-0.3, -0.25) is 9.78 Å². The first-order valence-electron chi connectivity index (χ1n) is 9.89. The Morgan fingerprint density at radius 3 is 2.83 bits per heavy atom. The van der Waals surface area contributed by atoms with Crippen molar-refractivity contribution >= 4 is 34.1 Å². The summed E-state index contributed by atoms with van der Waals surface area (Å²) in [6.07, 6.45) is 3.25. The number of piperidine rings is 1. The highest BCUT2D eigenvalue weighted by Gasteiger charge is 2.29. The van der Waals surface area contributed by atoms with Crippen molar-refractivity contribution < 1.29 is 9.59 Å². The van der Waals surface area contributed by atoms with E-state index in [1.54, 1.807) is 11.1 Å². The molecule has 3 aromatic rings. The first-order valence-corrected chi connectivity index (χ1v) is 10.8. The Hall–Kier alpha value is -3.26. The van der Waals surface area contributed by atoms with Gasteiger partial charge in [0.25, 0.3) is 0 Å². The number of hydrogen-bond donors (Lipinski definition) is 2. The average Bonchev–Trinajstić information content (AvgIpc) is 3.23. The standard InChI is InChI=1S/C22H23N5O2S/c1-15-6-4-8-17(12-15)24-22(29)27-11-5-7-16(13-27)20(28)26-21-25-19(14-30-21)18-9-2-3-10-23-18/h2-4,6,8-10,12,14,16H,5,7,11,13H2,1H3,(H,24,29)(H,25,26,28). The summed E-state index contributed by atoms with van der Waals surface area (Å²) in [6, 6.07) is 13.1. The second kappa shape index (κ2) is 9.04. The maximum absolute atomic E-state index is 12.8. The van der Waals surface area contributed by atoms with Crippen LogP contribution in [0.4, 0.5) is 15.6 Å². The topological polar surface area (TPSA) is 87.2 Å². The molecule has 1 aromatic carbocycles. The van der Waals surface area contributed by atoms with Crippen LogP contribution in [0, 0.1) is 12.8 Å². The highest BCUT2D eigenvalue weighted by molar-refractivity contribution is 7.14. The van der Waals surface area contributed by atoms with Crippen LogP contribution in [0.5, 0.6) is 0 Å². The lowest BCUT2D eigenvalue weighted by molar-refractivity contribution is -0.121. The Morgan fingerprint density at radius 2 is 2.03 bits per heavy atom. The van der Waals surface area contributed by atoms with Gasteiger partial charge in [0.15, 0.2) is 5.13 Å². The molecule has 0 spiro atoms. The molecule has 1 aliphatic rings. The van der Waals surface area contributed by atoms with Crippen molar-refractivity contribution in [1.29, 1.82) is 0 Å². The lowest BCUT2D eigenvalue weighted by Gasteiger charge is -2.31. The molecule has 0 radical (unpaired) electrons. The number of nitrogens with zero attached hydrogens (tertiary/aromatic N) is 3. The molecule has 1 atom stereocenters. The predicted molar refractivity (Wildman–Crippen MR) is 118 cm³/mol. The summed E-state index contributed by atoms with van der Waals surface area (Å²) < 4.78 is 0. The molecule has 3 amide bonds. The number of urea groups is 1. The van der Waals surface area contributed by atoms with Gasteiger partial charge in [0.05, 0.1) is 11.6 Å². The van der Waals surface area contributed by atoms with Crippen LogP contribution in [0.2, 0.25) is 0 Å². The largest absolute Gasteiger partial charge is 0.324 e. The van der Waals surface area contributed by atoms with Gasteiger partial charge in [-0.05, 0) is 49.6 Å². The Bertz CT molecular complexity index is 1040. The minimum atomic E-state index is -0.260. The second-order valence-electron chi connectivity index (χ2n) is 7.33. The van der Waals surface area contributed by atoms with Gasteiger partial charge in [0, 0.05) is 30.4 Å². The van der Waals surface area contributed by atoms with Gasteiger partial charge in [0.2, 0.25) is 5.91 Å². The number of hydrogen-bond acceptors (Lipinski definition) is 5. The molecule has 7 nitrogen and oxygen atoms in total. The zero-order chi connectivity index (χ0) is 20.9. The van der Waals surface area contributed by atoms with Crippen LogP contribution >= 0.6 is 11.3 Å². The second-order valence-corrected chi connectivity index (χ2v) is 8.19. The van der Waals surface area contributed by atoms with E-state index in [-0.39, 0.29) is 17.9 Å². The van der Waals surface area contributed by atoms with Gasteiger partial charge >= 0.3 is 6.03 Å². The minimum absolute atomic E-state index is 0.107. The zero-order valence-corrected chi connectivity index (χ0v) is 17.5. The fourth-order valence-corrected chi connectivity index (χ4v) is 4.18. The summed E-state index contributed by atoms with van der Waals surface area (Å²) in [5.41, 5.74) is 3.35. The number of aryl methyl sites for hydroxylation is 1. The molecule has 154 valence electrons. The number of likely N-dealkylation sites (tertiary alicyclic amines) is 1. The van der Waals surface area contributed by atoms with Gasteiger partial charge < -0.3 is 15.5 Å².